The van der Waals surface area contributed by atoms with Gasteiger partial charge in [0.2, 0.25) is 5.91 Å². The smallest absolute Gasteiger partial charge is 0.253 e. The van der Waals surface area contributed by atoms with Crippen molar-refractivity contribution < 1.29 is 9.59 Å². The highest BCUT2D eigenvalue weighted by Gasteiger charge is 2.21. The van der Waals surface area contributed by atoms with Gasteiger partial charge in [0.25, 0.3) is 5.91 Å². The molecular formula is C24H28ClN5O2S. The molecule has 0 spiro atoms. The van der Waals surface area contributed by atoms with Crippen molar-refractivity contribution in [3.8, 4) is 0 Å². The van der Waals surface area contributed by atoms with E-state index in [1.807, 2.05) is 42.7 Å². The van der Waals surface area contributed by atoms with E-state index >= 15 is 0 Å². The van der Waals surface area contributed by atoms with Gasteiger partial charge >= 0.3 is 0 Å². The van der Waals surface area contributed by atoms with Crippen LogP contribution in [0.2, 0.25) is 5.02 Å². The summed E-state index contributed by atoms with van der Waals surface area (Å²) in [4.78, 5) is 25.2. The third-order valence-corrected chi connectivity index (χ3v) is 6.40. The molecule has 3 aromatic rings. The Morgan fingerprint density at radius 3 is 2.45 bits per heavy atom. The lowest BCUT2D eigenvalue weighted by Crippen LogP contribution is -2.29. The number of hydrogen-bond donors (Lipinski definition) is 2. The number of halogens is 1. The number of aromatic nitrogens is 3. The third kappa shape index (κ3) is 6.15. The molecule has 1 atom stereocenters. The number of thioether (sulfide) groups is 1. The van der Waals surface area contributed by atoms with E-state index in [2.05, 4.69) is 34.7 Å². The van der Waals surface area contributed by atoms with Gasteiger partial charge in [-0.25, -0.2) is 0 Å². The first-order valence-corrected chi connectivity index (χ1v) is 12.2. The Labute approximate surface area is 203 Å². The molecule has 9 heteroatoms. The van der Waals surface area contributed by atoms with Crippen LogP contribution in [-0.4, -0.2) is 32.3 Å². The number of carbonyl (C=O) groups excluding carboxylic acids is 2. The summed E-state index contributed by atoms with van der Waals surface area (Å²) in [6.45, 7) is 8.61. The quantitative estimate of drug-likeness (QED) is 0.401. The molecule has 0 aliphatic rings. The van der Waals surface area contributed by atoms with Crippen LogP contribution in [-0.2, 0) is 11.3 Å². The molecule has 0 bridgehead atoms. The lowest BCUT2D eigenvalue weighted by atomic mass is 10.0. The van der Waals surface area contributed by atoms with Crippen molar-refractivity contribution >= 4 is 40.9 Å². The van der Waals surface area contributed by atoms with Crippen molar-refractivity contribution in [2.45, 2.75) is 51.4 Å². The van der Waals surface area contributed by atoms with Gasteiger partial charge in [-0.1, -0.05) is 67.5 Å². The molecule has 0 aliphatic heterocycles. The number of nitrogens with zero attached hydrogens (tertiary/aromatic N) is 3. The van der Waals surface area contributed by atoms with E-state index in [9.17, 15) is 9.59 Å². The van der Waals surface area contributed by atoms with Crippen molar-refractivity contribution in [3.05, 3.63) is 70.5 Å². The molecule has 0 radical (unpaired) electrons. The van der Waals surface area contributed by atoms with E-state index in [0.717, 1.165) is 11.3 Å². The predicted octanol–water partition coefficient (Wildman–Crippen LogP) is 5.30. The van der Waals surface area contributed by atoms with Gasteiger partial charge in [-0.3, -0.25) is 9.59 Å². The van der Waals surface area contributed by atoms with Gasteiger partial charge in [-0.2, -0.15) is 0 Å². The summed E-state index contributed by atoms with van der Waals surface area (Å²) in [6.07, 6.45) is 0. The third-order valence-electron chi connectivity index (χ3n) is 5.10. The van der Waals surface area contributed by atoms with E-state index in [1.165, 1.54) is 11.8 Å². The van der Waals surface area contributed by atoms with Gasteiger partial charge in [0.15, 0.2) is 11.0 Å². The normalized spacial score (nSPS) is 11.9. The standard InChI is InChI=1S/C24H28ClN5O2S/c1-5-30-22(16(4)26-23(32)18-11-6-8-12-19(18)25)28-29-24(30)33-14-21(31)27-20-13-9-7-10-17(20)15(2)3/h6-13,15-16H,5,14H2,1-4H3,(H,26,32)(H,27,31). The highest BCUT2D eigenvalue weighted by Crippen LogP contribution is 2.25. The number of hydrogen-bond acceptors (Lipinski definition) is 5. The van der Waals surface area contributed by atoms with E-state index in [-0.39, 0.29) is 23.6 Å². The second-order valence-electron chi connectivity index (χ2n) is 7.84. The number of carbonyl (C=O) groups is 2. The topological polar surface area (TPSA) is 88.9 Å². The van der Waals surface area contributed by atoms with Crippen molar-refractivity contribution in [3.63, 3.8) is 0 Å². The molecule has 2 aromatic carbocycles. The fourth-order valence-electron chi connectivity index (χ4n) is 3.44. The fourth-order valence-corrected chi connectivity index (χ4v) is 4.47. The minimum atomic E-state index is -0.387. The summed E-state index contributed by atoms with van der Waals surface area (Å²) >= 11 is 7.44. The van der Waals surface area contributed by atoms with Crippen LogP contribution in [0.5, 0.6) is 0 Å². The van der Waals surface area contributed by atoms with E-state index in [4.69, 9.17) is 11.6 Å². The molecule has 1 aromatic heterocycles. The monoisotopic (exact) mass is 485 g/mol. The van der Waals surface area contributed by atoms with Crippen LogP contribution in [0.15, 0.2) is 53.7 Å². The first-order chi connectivity index (χ1) is 15.8. The Hall–Kier alpha value is -2.84. The summed E-state index contributed by atoms with van der Waals surface area (Å²) < 4.78 is 1.90. The number of para-hydroxylation sites is 1. The summed E-state index contributed by atoms with van der Waals surface area (Å²) in [5.74, 6) is 0.732. The average molecular weight is 486 g/mol. The zero-order valence-electron chi connectivity index (χ0n) is 19.1. The van der Waals surface area contributed by atoms with Crippen molar-refractivity contribution in [2.75, 3.05) is 11.1 Å². The highest BCUT2D eigenvalue weighted by molar-refractivity contribution is 7.99. The van der Waals surface area contributed by atoms with Gasteiger partial charge in [0.1, 0.15) is 0 Å². The Bertz CT molecular complexity index is 1130. The second kappa shape index (κ2) is 11.3. The summed E-state index contributed by atoms with van der Waals surface area (Å²) in [7, 11) is 0. The minimum absolute atomic E-state index is 0.111. The molecule has 3 rings (SSSR count). The molecule has 174 valence electrons. The van der Waals surface area contributed by atoms with Gasteiger partial charge in [-0.05, 0) is 43.5 Å². The average Bonchev–Trinajstić information content (AvgIpc) is 3.21. The van der Waals surface area contributed by atoms with Crippen LogP contribution >= 0.6 is 23.4 Å². The van der Waals surface area contributed by atoms with E-state index in [1.54, 1.807) is 24.3 Å². The van der Waals surface area contributed by atoms with Crippen LogP contribution in [0.1, 0.15) is 61.4 Å². The van der Waals surface area contributed by atoms with Crippen molar-refractivity contribution in [1.29, 1.82) is 0 Å². The second-order valence-corrected chi connectivity index (χ2v) is 9.19. The molecule has 1 heterocycles. The molecule has 0 saturated carbocycles. The van der Waals surface area contributed by atoms with Gasteiger partial charge < -0.3 is 15.2 Å². The Balaban J connectivity index is 1.65. The maximum atomic E-state index is 12.6. The Kier molecular flexibility index (Phi) is 8.52. The van der Waals surface area contributed by atoms with Gasteiger partial charge in [-0.15, -0.1) is 10.2 Å². The predicted molar refractivity (Wildman–Crippen MR) is 133 cm³/mol. The molecular weight excluding hydrogens is 458 g/mol. The minimum Gasteiger partial charge on any atom is -0.342 e. The number of amides is 2. The SMILES string of the molecule is CCn1c(SCC(=O)Nc2ccccc2C(C)C)nnc1C(C)NC(=O)c1ccccc1Cl. The lowest BCUT2D eigenvalue weighted by Gasteiger charge is -2.16. The van der Waals surface area contributed by atoms with Crippen LogP contribution in [0, 0.1) is 0 Å². The summed E-state index contributed by atoms with van der Waals surface area (Å²) in [5.41, 5.74) is 2.33. The van der Waals surface area contributed by atoms with E-state index in [0.29, 0.717) is 34.0 Å². The van der Waals surface area contributed by atoms with Crippen molar-refractivity contribution in [1.82, 2.24) is 20.1 Å². The number of rotatable bonds is 9. The Morgan fingerprint density at radius 1 is 1.06 bits per heavy atom. The zero-order valence-corrected chi connectivity index (χ0v) is 20.7. The maximum absolute atomic E-state index is 12.6. The van der Waals surface area contributed by atoms with Crippen LogP contribution in [0.4, 0.5) is 5.69 Å². The van der Waals surface area contributed by atoms with Crippen molar-refractivity contribution in [2.24, 2.45) is 0 Å². The largest absolute Gasteiger partial charge is 0.342 e. The highest BCUT2D eigenvalue weighted by atomic mass is 35.5. The fraction of sp³-hybridized carbons (Fsp3) is 0.333. The summed E-state index contributed by atoms with van der Waals surface area (Å²) in [6, 6.07) is 14.3. The van der Waals surface area contributed by atoms with Gasteiger partial charge in [0, 0.05) is 12.2 Å². The number of benzene rings is 2. The molecule has 1 unspecified atom stereocenters. The molecule has 33 heavy (non-hydrogen) atoms. The zero-order chi connectivity index (χ0) is 24.0. The molecule has 2 N–H and O–H groups in total. The summed E-state index contributed by atoms with van der Waals surface area (Å²) in [5, 5.41) is 15.4. The first-order valence-electron chi connectivity index (χ1n) is 10.8. The molecule has 0 fully saturated rings. The van der Waals surface area contributed by atoms with Crippen LogP contribution < -0.4 is 10.6 Å². The molecule has 7 nitrogen and oxygen atoms in total. The molecule has 0 saturated heterocycles. The van der Waals surface area contributed by atoms with Gasteiger partial charge in [0.05, 0.1) is 22.4 Å². The van der Waals surface area contributed by atoms with Crippen LogP contribution in [0.25, 0.3) is 0 Å². The Morgan fingerprint density at radius 2 is 1.76 bits per heavy atom. The maximum Gasteiger partial charge on any atom is 0.253 e. The van der Waals surface area contributed by atoms with Crippen LogP contribution in [0.3, 0.4) is 0 Å². The molecule has 0 aliphatic carbocycles. The lowest BCUT2D eigenvalue weighted by molar-refractivity contribution is -0.113. The van der Waals surface area contributed by atoms with E-state index < -0.39 is 0 Å². The number of anilines is 1. The first kappa shape index (κ1) is 24.8. The molecule has 2 amide bonds. The number of nitrogens with one attached hydrogen (secondary N) is 2.